The van der Waals surface area contributed by atoms with Crippen LogP contribution < -0.4 is 15.8 Å². The SMILES string of the molecule is COc1cccc(-c2nc(C)c(NCCN)c(C)n2)c1. The first-order chi connectivity index (χ1) is 9.65. The van der Waals surface area contributed by atoms with Crippen molar-refractivity contribution in [1.82, 2.24) is 9.97 Å². The van der Waals surface area contributed by atoms with E-state index < -0.39 is 0 Å². The second kappa shape index (κ2) is 6.34. The summed E-state index contributed by atoms with van der Waals surface area (Å²) in [6.45, 7) is 5.23. The zero-order chi connectivity index (χ0) is 14.5. The molecule has 3 N–H and O–H groups in total. The molecule has 0 amide bonds. The number of benzene rings is 1. The molecule has 0 spiro atoms. The van der Waals surface area contributed by atoms with Gasteiger partial charge in [0.25, 0.3) is 0 Å². The van der Waals surface area contributed by atoms with Crippen LogP contribution in [0.2, 0.25) is 0 Å². The van der Waals surface area contributed by atoms with E-state index in [9.17, 15) is 0 Å². The van der Waals surface area contributed by atoms with Crippen molar-refractivity contribution >= 4 is 5.69 Å². The summed E-state index contributed by atoms with van der Waals surface area (Å²) in [5.41, 5.74) is 9.26. The first-order valence-electron chi connectivity index (χ1n) is 6.59. The number of methoxy groups -OCH3 is 1. The molecule has 0 unspecified atom stereocenters. The molecule has 0 saturated heterocycles. The molecule has 0 fully saturated rings. The lowest BCUT2D eigenvalue weighted by atomic mass is 10.2. The summed E-state index contributed by atoms with van der Waals surface area (Å²) in [7, 11) is 1.65. The van der Waals surface area contributed by atoms with Crippen LogP contribution in [0.5, 0.6) is 5.75 Å². The average molecular weight is 272 g/mol. The maximum atomic E-state index is 5.51. The van der Waals surface area contributed by atoms with Crippen molar-refractivity contribution in [1.29, 1.82) is 0 Å². The largest absolute Gasteiger partial charge is 0.497 e. The van der Waals surface area contributed by atoms with Crippen molar-refractivity contribution < 1.29 is 4.74 Å². The fourth-order valence-electron chi connectivity index (χ4n) is 2.06. The van der Waals surface area contributed by atoms with E-state index in [1.165, 1.54) is 0 Å². The monoisotopic (exact) mass is 272 g/mol. The smallest absolute Gasteiger partial charge is 0.159 e. The average Bonchev–Trinajstić information content (AvgIpc) is 2.46. The van der Waals surface area contributed by atoms with E-state index >= 15 is 0 Å². The molecule has 2 rings (SSSR count). The normalized spacial score (nSPS) is 10.4. The van der Waals surface area contributed by atoms with Gasteiger partial charge in [-0.3, -0.25) is 0 Å². The maximum Gasteiger partial charge on any atom is 0.159 e. The molecule has 1 aromatic carbocycles. The van der Waals surface area contributed by atoms with Gasteiger partial charge in [0.15, 0.2) is 5.82 Å². The van der Waals surface area contributed by atoms with Gasteiger partial charge in [-0.15, -0.1) is 0 Å². The highest BCUT2D eigenvalue weighted by Crippen LogP contribution is 2.24. The third kappa shape index (κ3) is 3.05. The number of hydrogen-bond acceptors (Lipinski definition) is 5. The van der Waals surface area contributed by atoms with Crippen molar-refractivity contribution in [2.24, 2.45) is 5.73 Å². The van der Waals surface area contributed by atoms with E-state index in [0.29, 0.717) is 18.9 Å². The predicted molar refractivity (Wildman–Crippen MR) is 81.0 cm³/mol. The number of nitrogens with zero attached hydrogens (tertiary/aromatic N) is 2. The second-order valence-corrected chi connectivity index (χ2v) is 4.54. The fraction of sp³-hybridized carbons (Fsp3) is 0.333. The number of anilines is 1. The number of ether oxygens (including phenoxy) is 1. The molecule has 0 bridgehead atoms. The van der Waals surface area contributed by atoms with Crippen LogP contribution in [0.4, 0.5) is 5.69 Å². The van der Waals surface area contributed by atoms with Crippen molar-refractivity contribution in [3.63, 3.8) is 0 Å². The number of hydrogen-bond donors (Lipinski definition) is 2. The Balaban J connectivity index is 2.38. The van der Waals surface area contributed by atoms with Gasteiger partial charge in [-0.05, 0) is 26.0 Å². The van der Waals surface area contributed by atoms with Gasteiger partial charge < -0.3 is 15.8 Å². The quantitative estimate of drug-likeness (QED) is 0.872. The molecule has 5 heteroatoms. The summed E-state index contributed by atoms with van der Waals surface area (Å²) in [5.74, 6) is 1.50. The Hall–Kier alpha value is -2.14. The first kappa shape index (κ1) is 14.3. The van der Waals surface area contributed by atoms with Crippen LogP contribution in [0.15, 0.2) is 24.3 Å². The van der Waals surface area contributed by atoms with Gasteiger partial charge in [-0.1, -0.05) is 12.1 Å². The predicted octanol–water partition coefficient (Wildman–Crippen LogP) is 2.14. The minimum absolute atomic E-state index is 0.580. The number of nitrogens with two attached hydrogens (primary N) is 1. The molecule has 5 nitrogen and oxygen atoms in total. The van der Waals surface area contributed by atoms with E-state index in [1.54, 1.807) is 7.11 Å². The summed E-state index contributed by atoms with van der Waals surface area (Å²) in [6.07, 6.45) is 0. The molecule has 2 aromatic rings. The molecule has 106 valence electrons. The second-order valence-electron chi connectivity index (χ2n) is 4.54. The molecule has 20 heavy (non-hydrogen) atoms. The molecule has 0 radical (unpaired) electrons. The zero-order valence-corrected chi connectivity index (χ0v) is 12.1. The number of nitrogens with one attached hydrogen (secondary N) is 1. The highest BCUT2D eigenvalue weighted by Gasteiger charge is 2.10. The van der Waals surface area contributed by atoms with Crippen molar-refractivity contribution in [2.45, 2.75) is 13.8 Å². The van der Waals surface area contributed by atoms with Crippen LogP contribution in [0.3, 0.4) is 0 Å². The van der Waals surface area contributed by atoms with Gasteiger partial charge in [-0.25, -0.2) is 9.97 Å². The summed E-state index contributed by atoms with van der Waals surface area (Å²) in [4.78, 5) is 9.13. The van der Waals surface area contributed by atoms with Crippen LogP contribution in [-0.4, -0.2) is 30.2 Å². The fourth-order valence-corrected chi connectivity index (χ4v) is 2.06. The Morgan fingerprint density at radius 1 is 1.20 bits per heavy atom. The maximum absolute atomic E-state index is 5.51. The van der Waals surface area contributed by atoms with Crippen LogP contribution >= 0.6 is 0 Å². The first-order valence-corrected chi connectivity index (χ1v) is 6.59. The molecular formula is C15H20N4O. The summed E-state index contributed by atoms with van der Waals surface area (Å²) < 4.78 is 5.23. The number of aryl methyl sites for hydroxylation is 2. The highest BCUT2D eigenvalue weighted by molar-refractivity contribution is 5.61. The Morgan fingerprint density at radius 2 is 1.90 bits per heavy atom. The van der Waals surface area contributed by atoms with Crippen molar-refractivity contribution in [2.75, 3.05) is 25.5 Å². The van der Waals surface area contributed by atoms with E-state index in [2.05, 4.69) is 15.3 Å². The summed E-state index contributed by atoms with van der Waals surface area (Å²) in [6, 6.07) is 7.74. The molecule has 0 atom stereocenters. The lowest BCUT2D eigenvalue weighted by Gasteiger charge is -2.12. The highest BCUT2D eigenvalue weighted by atomic mass is 16.5. The van der Waals surface area contributed by atoms with Crippen molar-refractivity contribution in [3.8, 4) is 17.1 Å². The molecule has 1 aromatic heterocycles. The lowest BCUT2D eigenvalue weighted by Crippen LogP contribution is -2.15. The van der Waals surface area contributed by atoms with Gasteiger partial charge in [0.2, 0.25) is 0 Å². The molecule has 0 aliphatic carbocycles. The van der Waals surface area contributed by atoms with Crippen LogP contribution in [0.25, 0.3) is 11.4 Å². The topological polar surface area (TPSA) is 73.1 Å². The minimum atomic E-state index is 0.580. The van der Waals surface area contributed by atoms with Gasteiger partial charge in [0, 0.05) is 18.7 Å². The van der Waals surface area contributed by atoms with Gasteiger partial charge in [0.05, 0.1) is 24.2 Å². The van der Waals surface area contributed by atoms with Crippen LogP contribution in [-0.2, 0) is 0 Å². The molecule has 0 aliphatic heterocycles. The van der Waals surface area contributed by atoms with E-state index in [4.69, 9.17) is 10.5 Å². The van der Waals surface area contributed by atoms with Gasteiger partial charge >= 0.3 is 0 Å². The summed E-state index contributed by atoms with van der Waals surface area (Å²) in [5, 5.41) is 3.26. The van der Waals surface area contributed by atoms with Crippen molar-refractivity contribution in [3.05, 3.63) is 35.7 Å². The van der Waals surface area contributed by atoms with Gasteiger partial charge in [0.1, 0.15) is 5.75 Å². The molecule has 0 aliphatic rings. The van der Waals surface area contributed by atoms with Crippen LogP contribution in [0.1, 0.15) is 11.4 Å². The third-order valence-corrected chi connectivity index (χ3v) is 3.04. The Bertz CT molecular complexity index is 575. The van der Waals surface area contributed by atoms with E-state index in [0.717, 1.165) is 28.4 Å². The number of rotatable bonds is 5. The van der Waals surface area contributed by atoms with E-state index in [-0.39, 0.29) is 0 Å². The Kier molecular flexibility index (Phi) is 4.53. The molecule has 0 saturated carbocycles. The lowest BCUT2D eigenvalue weighted by molar-refractivity contribution is 0.415. The Labute approximate surface area is 119 Å². The zero-order valence-electron chi connectivity index (χ0n) is 12.1. The number of aromatic nitrogens is 2. The van der Waals surface area contributed by atoms with Crippen LogP contribution in [0, 0.1) is 13.8 Å². The Morgan fingerprint density at radius 3 is 2.50 bits per heavy atom. The van der Waals surface area contributed by atoms with E-state index in [1.807, 2.05) is 38.1 Å². The standard InChI is InChI=1S/C15H20N4O/c1-10-14(17-8-7-16)11(2)19-15(18-10)12-5-4-6-13(9-12)20-3/h4-6,9,17H,7-8,16H2,1-3H3. The molecular weight excluding hydrogens is 252 g/mol. The summed E-state index contributed by atoms with van der Waals surface area (Å²) >= 11 is 0. The van der Waals surface area contributed by atoms with Gasteiger partial charge in [-0.2, -0.15) is 0 Å². The molecule has 1 heterocycles. The minimum Gasteiger partial charge on any atom is -0.497 e. The third-order valence-electron chi connectivity index (χ3n) is 3.04.